The third-order valence-corrected chi connectivity index (χ3v) is 4.91. The number of carbonyl (C=O) groups is 5. The minimum atomic E-state index is -1.47. The van der Waals surface area contributed by atoms with Crippen LogP contribution in [-0.2, 0) is 30.4 Å². The topological polar surface area (TPSA) is 217 Å². The first-order chi connectivity index (χ1) is 15.8. The monoisotopic (exact) mass is 482 g/mol. The molecule has 1 rings (SSSR count). The quantitative estimate of drug-likeness (QED) is 0.173. The summed E-state index contributed by atoms with van der Waals surface area (Å²) in [5, 5.41) is 25.8. The lowest BCUT2D eigenvalue weighted by atomic mass is 10.0. The van der Waals surface area contributed by atoms with E-state index in [0.29, 0.717) is 12.1 Å². The fourth-order valence-corrected chi connectivity index (χ4v) is 3.14. The van der Waals surface area contributed by atoms with E-state index in [9.17, 15) is 29.1 Å². The number of aromatic nitrogens is 2. The highest BCUT2D eigenvalue weighted by Crippen LogP contribution is 2.07. The van der Waals surface area contributed by atoms with Gasteiger partial charge in [0.25, 0.3) is 0 Å². The zero-order chi connectivity index (χ0) is 26.0. The summed E-state index contributed by atoms with van der Waals surface area (Å²) in [4.78, 5) is 67.4. The molecule has 0 radical (unpaired) electrons. The van der Waals surface area contributed by atoms with Crippen LogP contribution in [0.25, 0.3) is 0 Å². The van der Waals surface area contributed by atoms with E-state index in [2.05, 4.69) is 25.9 Å². The molecule has 4 unspecified atom stereocenters. The van der Waals surface area contributed by atoms with E-state index in [1.165, 1.54) is 12.5 Å². The van der Waals surface area contributed by atoms with Gasteiger partial charge in [-0.2, -0.15) is 0 Å². The van der Waals surface area contributed by atoms with Crippen molar-refractivity contribution in [3.05, 3.63) is 18.2 Å². The average molecular weight is 483 g/mol. The maximum Gasteiger partial charge on any atom is 0.326 e. The number of carboxylic acid groups (broad SMARTS) is 2. The second kappa shape index (κ2) is 13.3. The van der Waals surface area contributed by atoms with Crippen molar-refractivity contribution < 1.29 is 34.2 Å². The van der Waals surface area contributed by atoms with Gasteiger partial charge in [0.15, 0.2) is 0 Å². The number of hydrogen-bond acceptors (Lipinski definition) is 7. The number of rotatable bonds is 14. The predicted octanol–water partition coefficient (Wildman–Crippen LogP) is -1.00. The molecule has 34 heavy (non-hydrogen) atoms. The molecular weight excluding hydrogens is 448 g/mol. The van der Waals surface area contributed by atoms with Gasteiger partial charge in [-0.1, -0.05) is 27.7 Å². The van der Waals surface area contributed by atoms with Gasteiger partial charge < -0.3 is 36.9 Å². The second-order valence-corrected chi connectivity index (χ2v) is 8.81. The smallest absolute Gasteiger partial charge is 0.326 e. The molecule has 0 aliphatic heterocycles. The van der Waals surface area contributed by atoms with Crippen LogP contribution in [0.3, 0.4) is 0 Å². The van der Waals surface area contributed by atoms with Crippen LogP contribution in [0, 0.1) is 11.8 Å². The number of carboxylic acids is 2. The third-order valence-electron chi connectivity index (χ3n) is 4.91. The molecule has 0 aliphatic carbocycles. The number of H-pyrrole nitrogens is 1. The summed E-state index contributed by atoms with van der Waals surface area (Å²) in [6.45, 7) is 6.96. The van der Waals surface area contributed by atoms with Crippen molar-refractivity contribution in [3.8, 4) is 0 Å². The Bertz CT molecular complexity index is 856. The van der Waals surface area contributed by atoms with Crippen molar-refractivity contribution in [2.24, 2.45) is 17.6 Å². The maximum absolute atomic E-state index is 12.8. The SMILES string of the molecule is CC(C)CC(N)C(=O)NC(CC(=O)O)C(=O)NC(C(=O)NC(Cc1cnc[nH]1)C(=O)O)C(C)C. The van der Waals surface area contributed by atoms with Crippen LogP contribution in [0.2, 0.25) is 0 Å². The number of nitrogens with zero attached hydrogens (tertiary/aromatic N) is 1. The third kappa shape index (κ3) is 9.57. The number of imidazole rings is 1. The van der Waals surface area contributed by atoms with Crippen molar-refractivity contribution >= 4 is 29.7 Å². The van der Waals surface area contributed by atoms with Gasteiger partial charge in [0.2, 0.25) is 17.7 Å². The number of aromatic amines is 1. The number of hydrogen-bond donors (Lipinski definition) is 7. The highest BCUT2D eigenvalue weighted by atomic mass is 16.4. The zero-order valence-corrected chi connectivity index (χ0v) is 19.7. The van der Waals surface area contributed by atoms with Gasteiger partial charge in [-0.15, -0.1) is 0 Å². The van der Waals surface area contributed by atoms with Crippen LogP contribution in [0.1, 0.15) is 46.2 Å². The van der Waals surface area contributed by atoms with Gasteiger partial charge in [-0.25, -0.2) is 9.78 Å². The molecule has 1 heterocycles. The van der Waals surface area contributed by atoms with Gasteiger partial charge >= 0.3 is 11.9 Å². The van der Waals surface area contributed by atoms with Crippen molar-refractivity contribution in [3.63, 3.8) is 0 Å². The highest BCUT2D eigenvalue weighted by molar-refractivity contribution is 5.95. The molecule has 1 aromatic heterocycles. The first-order valence-corrected chi connectivity index (χ1v) is 10.9. The Labute approximate surface area is 197 Å². The first-order valence-electron chi connectivity index (χ1n) is 10.9. The standard InChI is InChI=1S/C21H34N6O7/c1-10(2)5-13(22)18(30)25-14(7-16(28)29)19(31)27-17(11(3)4)20(32)26-15(21(33)34)6-12-8-23-9-24-12/h8-11,13-15,17H,5-7,22H2,1-4H3,(H,23,24)(H,25,30)(H,26,32)(H,27,31)(H,28,29)(H,33,34). The summed E-state index contributed by atoms with van der Waals surface area (Å²) in [6.07, 6.45) is 2.34. The molecule has 8 N–H and O–H groups in total. The summed E-state index contributed by atoms with van der Waals surface area (Å²) >= 11 is 0. The van der Waals surface area contributed by atoms with E-state index in [-0.39, 0.29) is 12.3 Å². The molecule has 0 spiro atoms. The number of amides is 3. The minimum absolute atomic E-state index is 0.0642. The average Bonchev–Trinajstić information content (AvgIpc) is 3.22. The summed E-state index contributed by atoms with van der Waals surface area (Å²) in [5.41, 5.74) is 6.30. The van der Waals surface area contributed by atoms with Crippen LogP contribution in [0.4, 0.5) is 0 Å². The zero-order valence-electron chi connectivity index (χ0n) is 19.7. The molecule has 0 fully saturated rings. The fraction of sp³-hybridized carbons (Fsp3) is 0.619. The number of carbonyl (C=O) groups excluding carboxylic acids is 3. The molecule has 4 atom stereocenters. The van der Waals surface area contributed by atoms with Crippen molar-refractivity contribution in [1.29, 1.82) is 0 Å². The lowest BCUT2D eigenvalue weighted by Gasteiger charge is -2.26. The molecule has 13 heteroatoms. The van der Waals surface area contributed by atoms with Gasteiger partial charge in [0.05, 0.1) is 18.8 Å². The van der Waals surface area contributed by atoms with Crippen molar-refractivity contribution in [2.45, 2.75) is 71.1 Å². The van der Waals surface area contributed by atoms with Crippen molar-refractivity contribution in [2.75, 3.05) is 0 Å². The van der Waals surface area contributed by atoms with Gasteiger partial charge in [-0.05, 0) is 18.3 Å². The Balaban J connectivity index is 2.94. The summed E-state index contributed by atoms with van der Waals surface area (Å²) < 4.78 is 0. The Hall–Kier alpha value is -3.48. The largest absolute Gasteiger partial charge is 0.481 e. The van der Waals surface area contributed by atoms with E-state index in [0.717, 1.165) is 0 Å². The van der Waals surface area contributed by atoms with Crippen LogP contribution in [0.15, 0.2) is 12.5 Å². The second-order valence-electron chi connectivity index (χ2n) is 8.81. The molecule has 13 nitrogen and oxygen atoms in total. The summed E-state index contributed by atoms with van der Waals surface area (Å²) in [5.74, 6) is -5.36. The number of nitrogens with two attached hydrogens (primary N) is 1. The van der Waals surface area contributed by atoms with E-state index < -0.39 is 66.2 Å². The molecule has 0 saturated carbocycles. The minimum Gasteiger partial charge on any atom is -0.481 e. The molecule has 0 saturated heterocycles. The van der Waals surface area contributed by atoms with Crippen molar-refractivity contribution in [1.82, 2.24) is 25.9 Å². The lowest BCUT2D eigenvalue weighted by molar-refractivity contribution is -0.143. The van der Waals surface area contributed by atoms with Crippen LogP contribution in [-0.4, -0.2) is 74.0 Å². The molecule has 3 amide bonds. The highest BCUT2D eigenvalue weighted by Gasteiger charge is 2.33. The van der Waals surface area contributed by atoms with Crippen LogP contribution < -0.4 is 21.7 Å². The van der Waals surface area contributed by atoms with E-state index >= 15 is 0 Å². The van der Waals surface area contributed by atoms with Gasteiger partial charge in [0, 0.05) is 18.3 Å². The molecule has 1 aromatic rings. The van der Waals surface area contributed by atoms with Gasteiger partial charge in [-0.3, -0.25) is 19.2 Å². The van der Waals surface area contributed by atoms with Gasteiger partial charge in [0.1, 0.15) is 18.1 Å². The molecule has 190 valence electrons. The summed E-state index contributed by atoms with van der Waals surface area (Å²) in [6, 6.07) is -4.90. The van der Waals surface area contributed by atoms with E-state index in [4.69, 9.17) is 10.8 Å². The predicted molar refractivity (Wildman–Crippen MR) is 120 cm³/mol. The Morgan fingerprint density at radius 3 is 2.06 bits per heavy atom. The van der Waals surface area contributed by atoms with Crippen LogP contribution in [0.5, 0.6) is 0 Å². The molecule has 0 aromatic carbocycles. The van der Waals surface area contributed by atoms with E-state index in [1.807, 2.05) is 13.8 Å². The first kappa shape index (κ1) is 28.6. The van der Waals surface area contributed by atoms with Crippen LogP contribution >= 0.6 is 0 Å². The lowest BCUT2D eigenvalue weighted by Crippen LogP contribution is -2.59. The summed E-state index contributed by atoms with van der Waals surface area (Å²) in [7, 11) is 0. The Kier molecular flexibility index (Phi) is 11.2. The molecule has 0 aliphatic rings. The fourth-order valence-electron chi connectivity index (χ4n) is 3.14. The maximum atomic E-state index is 12.8. The Morgan fingerprint density at radius 1 is 0.971 bits per heavy atom. The normalized spacial score (nSPS) is 14.7. The number of nitrogens with one attached hydrogen (secondary N) is 4. The molecular formula is C21H34N6O7. The Morgan fingerprint density at radius 2 is 1.59 bits per heavy atom. The van der Waals surface area contributed by atoms with E-state index in [1.54, 1.807) is 13.8 Å². The number of aliphatic carboxylic acids is 2. The molecule has 0 bridgehead atoms.